The van der Waals surface area contributed by atoms with Crippen LogP contribution in [0.3, 0.4) is 0 Å². The molecule has 6 rings (SSSR count). The molecule has 0 amide bonds. The second-order valence-electron chi connectivity index (χ2n) is 7.28. The van der Waals surface area contributed by atoms with Crippen LogP contribution >= 0.6 is 0 Å². The molecule has 0 N–H and O–H groups in total. The van der Waals surface area contributed by atoms with Crippen LogP contribution in [0.4, 0.5) is 0 Å². The molecule has 4 nitrogen and oxygen atoms in total. The molecule has 0 saturated carbocycles. The first-order chi connectivity index (χ1) is 14.7. The molecule has 6 aromatic rings. The lowest BCUT2D eigenvalue weighted by Gasteiger charge is -2.07. The fourth-order valence-electron chi connectivity index (χ4n) is 3.97. The molecule has 4 aromatic carbocycles. The van der Waals surface area contributed by atoms with Gasteiger partial charge in [-0.2, -0.15) is 0 Å². The molecule has 0 unspecified atom stereocenters. The van der Waals surface area contributed by atoms with Crippen molar-refractivity contribution in [2.75, 3.05) is 0 Å². The largest absolute Gasteiger partial charge is 0.456 e. The van der Waals surface area contributed by atoms with E-state index in [4.69, 9.17) is 8.83 Å². The Balaban J connectivity index is 1.61. The lowest BCUT2D eigenvalue weighted by Crippen LogP contribution is -2.03. The number of hydrogen-bond acceptors (Lipinski definition) is 4. The Hall–Kier alpha value is -4.18. The van der Waals surface area contributed by atoms with Gasteiger partial charge in [0.25, 0.3) is 0 Å². The van der Waals surface area contributed by atoms with Crippen LogP contribution < -0.4 is 10.9 Å². The molecule has 0 radical (unpaired) electrons. The van der Waals surface area contributed by atoms with Crippen LogP contribution in [0.2, 0.25) is 0 Å². The quantitative estimate of drug-likeness (QED) is 0.329. The van der Waals surface area contributed by atoms with Crippen LogP contribution in [0.15, 0.2) is 103 Å². The van der Waals surface area contributed by atoms with E-state index in [2.05, 4.69) is 0 Å². The second kappa shape index (κ2) is 6.16. The molecule has 0 atom stereocenters. The van der Waals surface area contributed by atoms with Gasteiger partial charge in [-0.1, -0.05) is 36.4 Å². The first-order valence-electron chi connectivity index (χ1n) is 9.61. The van der Waals surface area contributed by atoms with Crippen molar-refractivity contribution >= 4 is 43.9 Å². The van der Waals surface area contributed by atoms with Gasteiger partial charge in [0.05, 0.1) is 21.5 Å². The fourth-order valence-corrected chi connectivity index (χ4v) is 3.97. The van der Waals surface area contributed by atoms with Crippen molar-refractivity contribution in [2.24, 2.45) is 0 Å². The summed E-state index contributed by atoms with van der Waals surface area (Å²) in [7, 11) is 0. The average molecular weight is 390 g/mol. The van der Waals surface area contributed by atoms with Crippen LogP contribution in [0.1, 0.15) is 0 Å². The van der Waals surface area contributed by atoms with E-state index in [0.29, 0.717) is 43.9 Å². The minimum atomic E-state index is -0.0694. The van der Waals surface area contributed by atoms with Crippen molar-refractivity contribution in [2.45, 2.75) is 0 Å². The van der Waals surface area contributed by atoms with Crippen molar-refractivity contribution in [1.82, 2.24) is 0 Å². The summed E-state index contributed by atoms with van der Waals surface area (Å²) in [4.78, 5) is 25.9. The highest BCUT2D eigenvalue weighted by Gasteiger charge is 2.11. The highest BCUT2D eigenvalue weighted by Crippen LogP contribution is 2.28. The van der Waals surface area contributed by atoms with Crippen molar-refractivity contribution < 1.29 is 8.83 Å². The summed E-state index contributed by atoms with van der Waals surface area (Å²) in [5, 5.41) is 2.12. The summed E-state index contributed by atoms with van der Waals surface area (Å²) in [5.74, 6) is 0. The Morgan fingerprint density at radius 3 is 1.30 bits per heavy atom. The Labute approximate surface area is 169 Å². The Morgan fingerprint density at radius 1 is 0.433 bits per heavy atom. The van der Waals surface area contributed by atoms with Crippen LogP contribution in [0.5, 0.6) is 0 Å². The maximum atomic E-state index is 13.0. The number of para-hydroxylation sites is 2. The Kier molecular flexibility index (Phi) is 3.44. The van der Waals surface area contributed by atoms with E-state index in [9.17, 15) is 9.59 Å². The van der Waals surface area contributed by atoms with E-state index in [1.807, 2.05) is 48.5 Å². The second-order valence-corrected chi connectivity index (χ2v) is 7.28. The predicted molar refractivity (Wildman–Crippen MR) is 119 cm³/mol. The first-order valence-corrected chi connectivity index (χ1v) is 9.61. The highest BCUT2D eigenvalue weighted by atomic mass is 16.3. The summed E-state index contributed by atoms with van der Waals surface area (Å²) < 4.78 is 11.8. The monoisotopic (exact) mass is 390 g/mol. The smallest absolute Gasteiger partial charge is 0.200 e. The van der Waals surface area contributed by atoms with Gasteiger partial charge >= 0.3 is 0 Å². The molecule has 2 aromatic heterocycles. The first kappa shape index (κ1) is 16.7. The van der Waals surface area contributed by atoms with E-state index in [-0.39, 0.29) is 10.9 Å². The van der Waals surface area contributed by atoms with Crippen LogP contribution in [0, 0.1) is 0 Å². The molecule has 0 saturated heterocycles. The Bertz CT molecular complexity index is 1610. The molecular weight excluding hydrogens is 376 g/mol. The molecule has 2 heterocycles. The molecule has 0 fully saturated rings. The topological polar surface area (TPSA) is 60.4 Å². The zero-order chi connectivity index (χ0) is 20.2. The van der Waals surface area contributed by atoms with Gasteiger partial charge in [-0.15, -0.1) is 0 Å². The molecule has 0 spiro atoms. The van der Waals surface area contributed by atoms with E-state index >= 15 is 0 Å². The minimum absolute atomic E-state index is 0.0694. The summed E-state index contributed by atoms with van der Waals surface area (Å²) in [6.45, 7) is 0. The van der Waals surface area contributed by atoms with Crippen molar-refractivity contribution in [3.8, 4) is 11.1 Å². The normalized spacial score (nSPS) is 11.6. The summed E-state index contributed by atoms with van der Waals surface area (Å²) in [5.41, 5.74) is 3.73. The van der Waals surface area contributed by atoms with Gasteiger partial charge in [0.1, 0.15) is 22.3 Å². The van der Waals surface area contributed by atoms with Crippen LogP contribution in [0.25, 0.3) is 55.0 Å². The van der Waals surface area contributed by atoms with Gasteiger partial charge in [-0.3, -0.25) is 9.59 Å². The van der Waals surface area contributed by atoms with Gasteiger partial charge in [-0.25, -0.2) is 0 Å². The summed E-state index contributed by atoms with van der Waals surface area (Å²) >= 11 is 0. The van der Waals surface area contributed by atoms with Crippen LogP contribution in [-0.2, 0) is 0 Å². The molecule has 0 aliphatic carbocycles. The van der Waals surface area contributed by atoms with E-state index < -0.39 is 0 Å². The third-order valence-corrected chi connectivity index (χ3v) is 5.48. The minimum Gasteiger partial charge on any atom is -0.456 e. The number of rotatable bonds is 1. The van der Waals surface area contributed by atoms with E-state index in [0.717, 1.165) is 11.1 Å². The zero-order valence-electron chi connectivity index (χ0n) is 15.7. The highest BCUT2D eigenvalue weighted by molar-refractivity contribution is 5.95. The van der Waals surface area contributed by atoms with Crippen molar-refractivity contribution in [1.29, 1.82) is 0 Å². The summed E-state index contributed by atoms with van der Waals surface area (Å²) in [6, 6.07) is 25.4. The van der Waals surface area contributed by atoms with Gasteiger partial charge < -0.3 is 8.83 Å². The van der Waals surface area contributed by atoms with Crippen molar-refractivity contribution in [3.05, 3.63) is 105 Å². The molecular formula is C26H14O4. The maximum absolute atomic E-state index is 13.0. The molecule has 142 valence electrons. The predicted octanol–water partition coefficient (Wildman–Crippen LogP) is 5.87. The Morgan fingerprint density at radius 2 is 0.833 bits per heavy atom. The average Bonchev–Trinajstić information content (AvgIpc) is 2.79. The SMILES string of the molecule is O=c1c2ccccc2oc2ccc(-c3ccc4oc5ccccc5c(=O)c4c3)cc12. The van der Waals surface area contributed by atoms with Crippen molar-refractivity contribution in [3.63, 3.8) is 0 Å². The van der Waals surface area contributed by atoms with Gasteiger partial charge in [0.15, 0.2) is 0 Å². The fraction of sp³-hybridized carbons (Fsp3) is 0. The summed E-state index contributed by atoms with van der Waals surface area (Å²) in [6.07, 6.45) is 0. The zero-order valence-corrected chi connectivity index (χ0v) is 15.7. The lowest BCUT2D eigenvalue weighted by atomic mass is 10.0. The van der Waals surface area contributed by atoms with Gasteiger partial charge in [0.2, 0.25) is 10.9 Å². The van der Waals surface area contributed by atoms with Gasteiger partial charge in [0, 0.05) is 0 Å². The van der Waals surface area contributed by atoms with Crippen LogP contribution in [-0.4, -0.2) is 0 Å². The molecule has 30 heavy (non-hydrogen) atoms. The number of fused-ring (bicyclic) bond motifs is 4. The maximum Gasteiger partial charge on any atom is 0.200 e. The molecule has 0 bridgehead atoms. The lowest BCUT2D eigenvalue weighted by molar-refractivity contribution is 0.659. The molecule has 0 aliphatic rings. The van der Waals surface area contributed by atoms with E-state index in [1.165, 1.54) is 0 Å². The third-order valence-electron chi connectivity index (χ3n) is 5.48. The van der Waals surface area contributed by atoms with Gasteiger partial charge in [-0.05, 0) is 59.7 Å². The number of hydrogen-bond donors (Lipinski definition) is 0. The standard InChI is InChI=1S/C26H14O4/c27-25-17-5-1-3-7-21(17)29-23-11-9-15(13-19(23)25)16-10-12-24-20(14-16)26(28)18-6-2-4-8-22(18)30-24/h1-14H. The van der Waals surface area contributed by atoms with E-state index in [1.54, 1.807) is 36.4 Å². The third kappa shape index (κ3) is 2.40. The number of benzene rings is 4. The molecule has 4 heteroatoms. The molecule has 0 aliphatic heterocycles.